The molecule has 0 saturated carbocycles. The maximum Gasteiger partial charge on any atom is 0.268 e. The minimum atomic E-state index is -0.576. The van der Waals surface area contributed by atoms with E-state index < -0.39 is 5.91 Å². The maximum atomic E-state index is 12.2. The zero-order valence-corrected chi connectivity index (χ0v) is 16.8. The van der Waals surface area contributed by atoms with Gasteiger partial charge in [-0.25, -0.2) is 9.97 Å². The molecule has 0 aliphatic carbocycles. The van der Waals surface area contributed by atoms with Crippen molar-refractivity contribution in [3.8, 4) is 11.6 Å². The molecular weight excluding hydrogens is 350 g/mol. The van der Waals surface area contributed by atoms with E-state index in [1.54, 1.807) is 0 Å². The van der Waals surface area contributed by atoms with Crippen LogP contribution in [0.5, 0.6) is 0 Å². The smallest absolute Gasteiger partial charge is 0.268 e. The molecule has 5 heteroatoms. The Balaban J connectivity index is 2.05. The van der Waals surface area contributed by atoms with E-state index in [9.17, 15) is 4.79 Å². The van der Waals surface area contributed by atoms with Crippen LogP contribution in [-0.2, 0) is 5.41 Å². The van der Waals surface area contributed by atoms with Gasteiger partial charge in [0, 0.05) is 16.3 Å². The van der Waals surface area contributed by atoms with Crippen molar-refractivity contribution in [2.24, 2.45) is 5.73 Å². The fourth-order valence-corrected chi connectivity index (χ4v) is 3.52. The Morgan fingerprint density at radius 1 is 1.04 bits per heavy atom. The van der Waals surface area contributed by atoms with Gasteiger partial charge in [-0.1, -0.05) is 45.0 Å². The minimum Gasteiger partial charge on any atom is -0.452 e. The SMILES string of the molecule is Cc1c(-c2nc(C(N)=O)c3cc(C(C)(C)C)cc(C)c3n2)oc2ccccc12. The van der Waals surface area contributed by atoms with Crippen molar-refractivity contribution in [2.75, 3.05) is 0 Å². The first-order chi connectivity index (χ1) is 13.2. The van der Waals surface area contributed by atoms with Crippen LogP contribution >= 0.6 is 0 Å². The molecule has 4 aromatic rings. The largest absolute Gasteiger partial charge is 0.452 e. The molecule has 0 fully saturated rings. The number of aryl methyl sites for hydroxylation is 2. The summed E-state index contributed by atoms with van der Waals surface area (Å²) in [5.74, 6) is 0.361. The maximum absolute atomic E-state index is 12.2. The molecule has 0 unspecified atom stereocenters. The van der Waals surface area contributed by atoms with Gasteiger partial charge in [0.05, 0.1) is 5.52 Å². The second-order valence-corrected chi connectivity index (χ2v) is 8.25. The van der Waals surface area contributed by atoms with Crippen LogP contribution in [0.1, 0.15) is 48.0 Å². The van der Waals surface area contributed by atoms with Crippen molar-refractivity contribution >= 4 is 27.8 Å². The van der Waals surface area contributed by atoms with Gasteiger partial charge >= 0.3 is 0 Å². The van der Waals surface area contributed by atoms with Crippen molar-refractivity contribution in [3.63, 3.8) is 0 Å². The quantitative estimate of drug-likeness (QED) is 0.533. The fourth-order valence-electron chi connectivity index (χ4n) is 3.52. The zero-order valence-electron chi connectivity index (χ0n) is 16.8. The zero-order chi connectivity index (χ0) is 20.2. The second kappa shape index (κ2) is 6.16. The Labute approximate surface area is 163 Å². The molecule has 2 heterocycles. The number of carbonyl (C=O) groups is 1. The number of hydrogen-bond donors (Lipinski definition) is 1. The van der Waals surface area contributed by atoms with E-state index in [1.165, 1.54) is 0 Å². The van der Waals surface area contributed by atoms with Crippen LogP contribution in [0.4, 0.5) is 0 Å². The van der Waals surface area contributed by atoms with Crippen molar-refractivity contribution in [2.45, 2.75) is 40.0 Å². The summed E-state index contributed by atoms with van der Waals surface area (Å²) < 4.78 is 6.01. The molecule has 0 aliphatic heterocycles. The van der Waals surface area contributed by atoms with Crippen molar-refractivity contribution in [1.29, 1.82) is 0 Å². The summed E-state index contributed by atoms with van der Waals surface area (Å²) in [5, 5.41) is 1.68. The third-order valence-electron chi connectivity index (χ3n) is 5.14. The van der Waals surface area contributed by atoms with Crippen molar-refractivity contribution in [3.05, 3.63) is 58.8 Å². The average molecular weight is 373 g/mol. The van der Waals surface area contributed by atoms with Crippen LogP contribution in [0.3, 0.4) is 0 Å². The van der Waals surface area contributed by atoms with Gasteiger partial charge in [0.1, 0.15) is 11.3 Å². The molecule has 4 rings (SSSR count). The minimum absolute atomic E-state index is 0.0676. The highest BCUT2D eigenvalue weighted by Gasteiger charge is 2.22. The molecule has 0 bridgehead atoms. The van der Waals surface area contributed by atoms with E-state index >= 15 is 0 Å². The van der Waals surface area contributed by atoms with Gasteiger partial charge in [0.2, 0.25) is 0 Å². The first-order valence-electron chi connectivity index (χ1n) is 9.28. The third-order valence-corrected chi connectivity index (χ3v) is 5.14. The molecule has 0 aliphatic rings. The number of primary amides is 1. The fraction of sp³-hybridized carbons (Fsp3) is 0.261. The number of nitrogens with zero attached hydrogens (tertiary/aromatic N) is 2. The number of aromatic nitrogens is 2. The summed E-state index contributed by atoms with van der Waals surface area (Å²) in [6.45, 7) is 10.3. The van der Waals surface area contributed by atoms with Crippen LogP contribution in [0.15, 0.2) is 40.8 Å². The molecular formula is C23H23N3O2. The molecule has 1 amide bonds. The lowest BCUT2D eigenvalue weighted by molar-refractivity contribution is 0.0997. The number of para-hydroxylation sites is 1. The second-order valence-electron chi connectivity index (χ2n) is 8.25. The van der Waals surface area contributed by atoms with Crippen LogP contribution in [0.25, 0.3) is 33.5 Å². The Morgan fingerprint density at radius 3 is 2.39 bits per heavy atom. The summed E-state index contributed by atoms with van der Waals surface area (Å²) in [7, 11) is 0. The van der Waals surface area contributed by atoms with E-state index in [0.29, 0.717) is 22.5 Å². The molecule has 5 nitrogen and oxygen atoms in total. The topological polar surface area (TPSA) is 82.0 Å². The highest BCUT2D eigenvalue weighted by Crippen LogP contribution is 2.34. The lowest BCUT2D eigenvalue weighted by Crippen LogP contribution is -2.17. The molecule has 0 spiro atoms. The number of nitrogens with two attached hydrogens (primary N) is 1. The number of amides is 1. The van der Waals surface area contributed by atoms with Crippen molar-refractivity contribution in [1.82, 2.24) is 9.97 Å². The number of hydrogen-bond acceptors (Lipinski definition) is 4. The summed E-state index contributed by atoms with van der Waals surface area (Å²) >= 11 is 0. The van der Waals surface area contributed by atoms with Gasteiger partial charge in [-0.2, -0.15) is 0 Å². The average Bonchev–Trinajstić information content (AvgIpc) is 2.97. The van der Waals surface area contributed by atoms with Crippen LogP contribution in [-0.4, -0.2) is 15.9 Å². The van der Waals surface area contributed by atoms with Crippen LogP contribution in [0.2, 0.25) is 0 Å². The first-order valence-corrected chi connectivity index (χ1v) is 9.28. The van der Waals surface area contributed by atoms with E-state index in [1.807, 2.05) is 44.2 Å². The molecule has 0 saturated heterocycles. The third kappa shape index (κ3) is 2.83. The molecule has 28 heavy (non-hydrogen) atoms. The number of rotatable bonds is 2. The Morgan fingerprint density at radius 2 is 1.75 bits per heavy atom. The summed E-state index contributed by atoms with van der Waals surface area (Å²) in [6, 6.07) is 11.9. The van der Waals surface area contributed by atoms with E-state index in [-0.39, 0.29) is 11.1 Å². The van der Waals surface area contributed by atoms with Gasteiger partial charge in [-0.05, 0) is 42.5 Å². The molecule has 0 radical (unpaired) electrons. The van der Waals surface area contributed by atoms with Crippen LogP contribution in [0, 0.1) is 13.8 Å². The van der Waals surface area contributed by atoms with E-state index in [2.05, 4.69) is 31.8 Å². The van der Waals surface area contributed by atoms with Gasteiger partial charge < -0.3 is 10.2 Å². The summed E-state index contributed by atoms with van der Waals surface area (Å²) in [5.41, 5.74) is 10.3. The molecule has 2 aromatic heterocycles. The number of fused-ring (bicyclic) bond motifs is 2. The standard InChI is InChI=1S/C23H23N3O2/c1-12-10-14(23(3,4)5)11-16-18(12)25-22(26-19(16)21(24)27)20-13(2)15-8-6-7-9-17(15)28-20/h6-11H,1-5H3,(H2,24,27). The normalized spacial score (nSPS) is 12.0. The number of furan rings is 1. The Kier molecular flexibility index (Phi) is 4.00. The predicted octanol–water partition coefficient (Wildman–Crippen LogP) is 5.06. The van der Waals surface area contributed by atoms with Gasteiger partial charge in [-0.15, -0.1) is 0 Å². The highest BCUT2D eigenvalue weighted by molar-refractivity contribution is 6.05. The number of carbonyl (C=O) groups excluding carboxylic acids is 1. The predicted molar refractivity (Wildman–Crippen MR) is 111 cm³/mol. The Bertz CT molecular complexity index is 1250. The lowest BCUT2D eigenvalue weighted by atomic mass is 9.85. The molecule has 142 valence electrons. The van der Waals surface area contributed by atoms with Gasteiger partial charge in [0.25, 0.3) is 5.91 Å². The molecule has 2 N–H and O–H groups in total. The summed E-state index contributed by atoms with van der Waals surface area (Å²) in [6.07, 6.45) is 0. The van der Waals surface area contributed by atoms with E-state index in [4.69, 9.17) is 15.1 Å². The monoisotopic (exact) mass is 373 g/mol. The highest BCUT2D eigenvalue weighted by atomic mass is 16.3. The lowest BCUT2D eigenvalue weighted by Gasteiger charge is -2.21. The summed E-state index contributed by atoms with van der Waals surface area (Å²) in [4.78, 5) is 21.5. The van der Waals surface area contributed by atoms with Gasteiger partial charge in [0.15, 0.2) is 11.6 Å². The first kappa shape index (κ1) is 18.2. The van der Waals surface area contributed by atoms with E-state index in [0.717, 1.165) is 27.7 Å². The Hall–Kier alpha value is -3.21. The molecule has 2 aromatic carbocycles. The van der Waals surface area contributed by atoms with Crippen LogP contribution < -0.4 is 5.73 Å². The number of benzene rings is 2. The molecule has 0 atom stereocenters. The van der Waals surface area contributed by atoms with Gasteiger partial charge in [-0.3, -0.25) is 4.79 Å². The van der Waals surface area contributed by atoms with Crippen molar-refractivity contribution < 1.29 is 9.21 Å².